The van der Waals surface area contributed by atoms with Gasteiger partial charge in [-0.2, -0.15) is 0 Å². The van der Waals surface area contributed by atoms with E-state index in [0.717, 1.165) is 34.4 Å². The van der Waals surface area contributed by atoms with Crippen LogP contribution >= 0.6 is 0 Å². The second-order valence-corrected chi connectivity index (χ2v) is 10.4. The van der Waals surface area contributed by atoms with Crippen molar-refractivity contribution in [3.8, 4) is 23.0 Å². The van der Waals surface area contributed by atoms with E-state index in [9.17, 15) is 19.2 Å². The van der Waals surface area contributed by atoms with Crippen molar-refractivity contribution in [2.75, 3.05) is 0 Å². The molecule has 0 heterocycles. The first-order valence-electron chi connectivity index (χ1n) is 15.0. The van der Waals surface area contributed by atoms with Gasteiger partial charge in [-0.05, 0) is 95.8 Å². The number of carbonyl (C=O) groups excluding carboxylic acids is 4. The Balaban J connectivity index is 2.09. The zero-order chi connectivity index (χ0) is 36.5. The molecule has 0 bridgehead atoms. The smallest absolute Gasteiger partial charge is 0.337 e. The maximum Gasteiger partial charge on any atom is 0.337 e. The van der Waals surface area contributed by atoms with Crippen LogP contribution in [0.5, 0.6) is 0 Å². The van der Waals surface area contributed by atoms with E-state index in [2.05, 4.69) is 38.2 Å². The lowest BCUT2D eigenvalue weighted by Gasteiger charge is -2.11. The molecule has 3 aromatic rings. The van der Waals surface area contributed by atoms with Crippen molar-refractivity contribution in [2.45, 2.75) is 13.8 Å². The summed E-state index contributed by atoms with van der Waals surface area (Å²) in [5, 5.41) is 0. The fraction of sp³-hybridized carbons (Fsp3) is 0.0476. The minimum Gasteiger partial charge on any atom is -0.431 e. The maximum atomic E-state index is 12.1. The summed E-state index contributed by atoms with van der Waals surface area (Å²) in [6.07, 6.45) is 13.8. The van der Waals surface area contributed by atoms with Gasteiger partial charge >= 0.3 is 23.9 Å². The Morgan fingerprint density at radius 2 is 1.04 bits per heavy atom. The summed E-state index contributed by atoms with van der Waals surface area (Å²) in [4.78, 5) is 46.8. The van der Waals surface area contributed by atoms with E-state index in [-0.39, 0.29) is 11.1 Å². The summed E-state index contributed by atoms with van der Waals surface area (Å²) in [5.74, 6) is 4.04. The number of carbonyl (C=O) groups is 4. The van der Waals surface area contributed by atoms with Crippen LogP contribution in [-0.2, 0) is 38.1 Å². The molecule has 0 saturated heterocycles. The van der Waals surface area contributed by atoms with Crippen molar-refractivity contribution in [1.29, 1.82) is 0 Å². The van der Waals surface area contributed by atoms with E-state index in [1.165, 1.54) is 25.0 Å². The highest BCUT2D eigenvalue weighted by atomic mass is 16.5. The van der Waals surface area contributed by atoms with Gasteiger partial charge in [-0.1, -0.05) is 74.6 Å². The highest BCUT2D eigenvalue weighted by molar-refractivity contribution is 5.89. The Morgan fingerprint density at radius 1 is 0.580 bits per heavy atom. The van der Waals surface area contributed by atoms with Crippen LogP contribution in [0.2, 0.25) is 0 Å². The van der Waals surface area contributed by atoms with Gasteiger partial charge in [0.2, 0.25) is 0 Å². The van der Waals surface area contributed by atoms with Gasteiger partial charge in [0.15, 0.2) is 0 Å². The predicted octanol–water partition coefficient (Wildman–Crippen LogP) is 8.33. The van der Waals surface area contributed by atoms with Gasteiger partial charge in [0.25, 0.3) is 0 Å². The lowest BCUT2D eigenvalue weighted by Crippen LogP contribution is -1.99. The van der Waals surface area contributed by atoms with Crippen molar-refractivity contribution in [1.82, 2.24) is 0 Å². The highest BCUT2D eigenvalue weighted by Crippen LogP contribution is 2.30. The number of ether oxygens (including phenoxy) is 4. The van der Waals surface area contributed by atoms with Gasteiger partial charge in [-0.3, -0.25) is 0 Å². The molecule has 50 heavy (non-hydrogen) atoms. The molecule has 250 valence electrons. The largest absolute Gasteiger partial charge is 0.431 e. The van der Waals surface area contributed by atoms with E-state index in [0.29, 0.717) is 22.3 Å². The average molecular weight is 667 g/mol. The van der Waals surface area contributed by atoms with Gasteiger partial charge in [0, 0.05) is 34.4 Å². The highest BCUT2D eigenvalue weighted by Gasteiger charge is 2.10. The quantitative estimate of drug-likeness (QED) is 0.0590. The van der Waals surface area contributed by atoms with Gasteiger partial charge < -0.3 is 18.9 Å². The molecule has 0 radical (unpaired) electrons. The summed E-state index contributed by atoms with van der Waals surface area (Å²) in [6.45, 7) is 17.0. The van der Waals surface area contributed by atoms with Crippen LogP contribution in [0, 0.1) is 11.8 Å². The van der Waals surface area contributed by atoms with Crippen molar-refractivity contribution < 1.29 is 38.1 Å². The molecule has 8 heteroatoms. The number of rotatable bonds is 13. The van der Waals surface area contributed by atoms with Gasteiger partial charge in [0.1, 0.15) is 0 Å². The molecule has 0 aliphatic carbocycles. The molecule has 0 spiro atoms. The Morgan fingerprint density at radius 3 is 1.52 bits per heavy atom. The van der Waals surface area contributed by atoms with Gasteiger partial charge in [0.05, 0.1) is 25.0 Å². The summed E-state index contributed by atoms with van der Waals surface area (Å²) in [5.41, 5.74) is 6.15. The van der Waals surface area contributed by atoms with Crippen LogP contribution < -0.4 is 0 Å². The van der Waals surface area contributed by atoms with Crippen molar-refractivity contribution in [3.63, 3.8) is 0 Å². The molecule has 3 aromatic carbocycles. The molecule has 0 saturated carbocycles. The standard InChI is InChI=1S/C42H34O8/c1-7-39(43)47-23-19-32-11-9-31(10-12-32)15-18-35-27-37(22-26-50-42(46)30(5)6)38(28-36(35)21-25-49-41(45)29(3)4)34-16-13-33(14-17-34)20-24-48-40(44)8-2/h7-14,16-17,19-28H,1-3,5H2,4,6H3/b23-19+,24-20+,25-21+,26-22+. The molecular formula is C42H34O8. The van der Waals surface area contributed by atoms with Crippen LogP contribution in [0.25, 0.3) is 35.4 Å². The number of hydrogen-bond acceptors (Lipinski definition) is 8. The zero-order valence-corrected chi connectivity index (χ0v) is 27.6. The predicted molar refractivity (Wildman–Crippen MR) is 195 cm³/mol. The first kappa shape index (κ1) is 37.5. The average Bonchev–Trinajstić information content (AvgIpc) is 3.11. The third-order valence-corrected chi connectivity index (χ3v) is 6.46. The molecule has 0 fully saturated rings. The Kier molecular flexibility index (Phi) is 14.2. The summed E-state index contributed by atoms with van der Waals surface area (Å²) in [6, 6.07) is 18.4. The second kappa shape index (κ2) is 19.0. The number of esters is 4. The van der Waals surface area contributed by atoms with Crippen LogP contribution in [0.3, 0.4) is 0 Å². The lowest BCUT2D eigenvalue weighted by molar-refractivity contribution is -0.134. The van der Waals surface area contributed by atoms with E-state index in [4.69, 9.17) is 18.9 Å². The molecule has 0 unspecified atom stereocenters. The van der Waals surface area contributed by atoms with Crippen LogP contribution in [0.15, 0.2) is 135 Å². The summed E-state index contributed by atoms with van der Waals surface area (Å²) < 4.78 is 20.2. The fourth-order valence-electron chi connectivity index (χ4n) is 3.85. The van der Waals surface area contributed by atoms with E-state index >= 15 is 0 Å². The maximum absolute atomic E-state index is 12.1. The normalized spacial score (nSPS) is 10.8. The van der Waals surface area contributed by atoms with Crippen molar-refractivity contribution >= 4 is 48.2 Å². The lowest BCUT2D eigenvalue weighted by atomic mass is 9.93. The summed E-state index contributed by atoms with van der Waals surface area (Å²) in [7, 11) is 0. The number of benzene rings is 3. The molecule has 0 N–H and O–H groups in total. The van der Waals surface area contributed by atoms with E-state index < -0.39 is 23.9 Å². The molecule has 0 amide bonds. The first-order chi connectivity index (χ1) is 24.0. The molecule has 3 rings (SSSR count). The molecule has 0 aliphatic rings. The SMILES string of the molecule is C=CC(=O)O/C=C/c1ccc(C#Cc2cc(/C=C/OC(=O)C(=C)C)c(-c3ccc(/C=C/OC(=O)C=C)cc3)cc2/C=C/OC(=O)C(=C)C)cc1. The first-order valence-corrected chi connectivity index (χ1v) is 15.0. The third-order valence-electron chi connectivity index (χ3n) is 6.46. The zero-order valence-electron chi connectivity index (χ0n) is 27.6. The molecule has 8 nitrogen and oxygen atoms in total. The minimum atomic E-state index is -0.580. The molecule has 0 aliphatic heterocycles. The topological polar surface area (TPSA) is 105 Å². The Hall–Kier alpha value is -6.98. The number of hydrogen-bond donors (Lipinski definition) is 0. The van der Waals surface area contributed by atoms with E-state index in [1.54, 1.807) is 38.2 Å². The molecule has 0 aromatic heterocycles. The van der Waals surface area contributed by atoms with Crippen molar-refractivity contribution in [2.24, 2.45) is 0 Å². The monoisotopic (exact) mass is 666 g/mol. The van der Waals surface area contributed by atoms with Crippen LogP contribution in [-0.4, -0.2) is 23.9 Å². The summed E-state index contributed by atoms with van der Waals surface area (Å²) >= 11 is 0. The Labute approximate surface area is 291 Å². The van der Waals surface area contributed by atoms with Gasteiger partial charge in [-0.15, -0.1) is 0 Å². The van der Waals surface area contributed by atoms with Crippen LogP contribution in [0.1, 0.15) is 47.2 Å². The molecule has 0 atom stereocenters. The minimum absolute atomic E-state index is 0.241. The fourth-order valence-corrected chi connectivity index (χ4v) is 3.85. The Bertz CT molecular complexity index is 1990. The van der Waals surface area contributed by atoms with E-state index in [1.807, 2.05) is 60.7 Å². The van der Waals surface area contributed by atoms with Crippen molar-refractivity contribution in [3.05, 3.63) is 169 Å². The third kappa shape index (κ3) is 12.0. The second-order valence-electron chi connectivity index (χ2n) is 10.4. The van der Waals surface area contributed by atoms with Gasteiger partial charge in [-0.25, -0.2) is 19.2 Å². The molecular weight excluding hydrogens is 632 g/mol. The van der Waals surface area contributed by atoms with Crippen LogP contribution in [0.4, 0.5) is 0 Å².